The van der Waals surface area contributed by atoms with Gasteiger partial charge in [-0.25, -0.2) is 0 Å². The fraction of sp³-hybridized carbons (Fsp3) is 0.267. The molecular formula is C15H17N3OS3. The van der Waals surface area contributed by atoms with Crippen molar-refractivity contribution in [3.8, 4) is 0 Å². The van der Waals surface area contributed by atoms with E-state index in [1.807, 2.05) is 31.2 Å². The number of thioether (sulfide) groups is 2. The van der Waals surface area contributed by atoms with E-state index in [0.29, 0.717) is 5.13 Å². The van der Waals surface area contributed by atoms with Crippen molar-refractivity contribution < 1.29 is 4.79 Å². The first-order chi connectivity index (χ1) is 10.7. The maximum Gasteiger partial charge on any atom is 0.239 e. The van der Waals surface area contributed by atoms with E-state index in [1.165, 1.54) is 16.9 Å². The van der Waals surface area contributed by atoms with Crippen molar-refractivity contribution in [3.63, 3.8) is 0 Å². The molecule has 1 atom stereocenters. The highest BCUT2D eigenvalue weighted by Gasteiger charge is 2.15. The molecule has 0 aliphatic heterocycles. The molecule has 1 aromatic carbocycles. The van der Waals surface area contributed by atoms with Gasteiger partial charge in [-0.3, -0.25) is 10.1 Å². The first-order valence-electron chi connectivity index (χ1n) is 6.72. The average molecular weight is 352 g/mol. The zero-order chi connectivity index (χ0) is 15.8. The number of aromatic nitrogens is 2. The molecule has 2 aromatic rings. The summed E-state index contributed by atoms with van der Waals surface area (Å²) >= 11 is 4.54. The van der Waals surface area contributed by atoms with Crippen molar-refractivity contribution in [3.05, 3.63) is 48.6 Å². The van der Waals surface area contributed by atoms with Gasteiger partial charge in [-0.2, -0.15) is 0 Å². The number of nitrogens with zero attached hydrogens (tertiary/aromatic N) is 2. The molecule has 1 heterocycles. The van der Waals surface area contributed by atoms with Crippen LogP contribution in [0.3, 0.4) is 0 Å². The highest BCUT2D eigenvalue weighted by atomic mass is 32.2. The molecule has 0 aliphatic carbocycles. The van der Waals surface area contributed by atoms with Gasteiger partial charge in [-0.15, -0.1) is 28.5 Å². The maximum absolute atomic E-state index is 12.1. The normalized spacial score (nSPS) is 11.9. The van der Waals surface area contributed by atoms with Crippen molar-refractivity contribution >= 4 is 45.9 Å². The second-order valence-electron chi connectivity index (χ2n) is 4.40. The van der Waals surface area contributed by atoms with E-state index >= 15 is 0 Å². The lowest BCUT2D eigenvalue weighted by atomic mass is 10.2. The van der Waals surface area contributed by atoms with E-state index in [1.54, 1.807) is 23.5 Å². The van der Waals surface area contributed by atoms with Crippen LogP contribution in [0.1, 0.15) is 12.5 Å². The molecule has 0 aliphatic rings. The molecule has 1 N–H and O–H groups in total. The minimum atomic E-state index is -0.145. The van der Waals surface area contributed by atoms with Crippen LogP contribution in [-0.2, 0) is 10.5 Å². The molecule has 0 saturated carbocycles. The predicted molar refractivity (Wildman–Crippen MR) is 96.7 cm³/mol. The van der Waals surface area contributed by atoms with Crippen LogP contribution in [0, 0.1) is 0 Å². The molecule has 1 aromatic heterocycles. The van der Waals surface area contributed by atoms with Crippen molar-refractivity contribution in [2.75, 3.05) is 11.1 Å². The molecule has 0 unspecified atom stereocenters. The largest absolute Gasteiger partial charge is 0.300 e. The van der Waals surface area contributed by atoms with Gasteiger partial charge >= 0.3 is 0 Å². The Balaban J connectivity index is 1.80. The van der Waals surface area contributed by atoms with Crippen LogP contribution < -0.4 is 5.32 Å². The Bertz CT molecular complexity index is 616. The minimum absolute atomic E-state index is 0.0441. The smallest absolute Gasteiger partial charge is 0.239 e. The molecule has 0 radical (unpaired) electrons. The van der Waals surface area contributed by atoms with Gasteiger partial charge in [-0.05, 0) is 12.5 Å². The molecule has 0 spiro atoms. The summed E-state index contributed by atoms with van der Waals surface area (Å²) in [6.45, 7) is 5.56. The number of anilines is 1. The molecule has 116 valence electrons. The van der Waals surface area contributed by atoms with Gasteiger partial charge in [0, 0.05) is 11.5 Å². The summed E-state index contributed by atoms with van der Waals surface area (Å²) in [6, 6.07) is 10.1. The molecule has 7 heteroatoms. The van der Waals surface area contributed by atoms with Gasteiger partial charge in [-0.1, -0.05) is 59.5 Å². The van der Waals surface area contributed by atoms with Gasteiger partial charge in [0.05, 0.1) is 5.25 Å². The number of amides is 1. The summed E-state index contributed by atoms with van der Waals surface area (Å²) in [5.74, 6) is 1.55. The van der Waals surface area contributed by atoms with Gasteiger partial charge in [0.15, 0.2) is 4.34 Å². The molecular weight excluding hydrogens is 334 g/mol. The Labute approximate surface area is 142 Å². The van der Waals surface area contributed by atoms with E-state index < -0.39 is 0 Å². The van der Waals surface area contributed by atoms with Crippen molar-refractivity contribution in [2.45, 2.75) is 22.3 Å². The van der Waals surface area contributed by atoms with Crippen molar-refractivity contribution in [2.24, 2.45) is 0 Å². The van der Waals surface area contributed by atoms with E-state index in [0.717, 1.165) is 15.8 Å². The molecule has 0 fully saturated rings. The van der Waals surface area contributed by atoms with E-state index in [9.17, 15) is 4.79 Å². The summed E-state index contributed by atoms with van der Waals surface area (Å²) in [5, 5.41) is 11.2. The third-order valence-electron chi connectivity index (χ3n) is 2.67. The third-order valence-corrected chi connectivity index (χ3v) is 5.86. The van der Waals surface area contributed by atoms with Crippen LogP contribution in [-0.4, -0.2) is 27.1 Å². The zero-order valence-corrected chi connectivity index (χ0v) is 14.6. The summed E-state index contributed by atoms with van der Waals surface area (Å²) in [7, 11) is 0. The molecule has 2 rings (SSSR count). The summed E-state index contributed by atoms with van der Waals surface area (Å²) < 4.78 is 0.833. The molecule has 4 nitrogen and oxygen atoms in total. The Kier molecular flexibility index (Phi) is 6.95. The van der Waals surface area contributed by atoms with Crippen LogP contribution >= 0.6 is 34.9 Å². The molecule has 1 amide bonds. The number of carbonyl (C=O) groups is 1. The maximum atomic E-state index is 12.1. The second-order valence-corrected chi connectivity index (χ2v) is 7.97. The lowest BCUT2D eigenvalue weighted by molar-refractivity contribution is -0.115. The lowest BCUT2D eigenvalue weighted by Crippen LogP contribution is -2.22. The second kappa shape index (κ2) is 8.97. The number of nitrogens with one attached hydrogen (secondary N) is 1. The van der Waals surface area contributed by atoms with Gasteiger partial charge in [0.25, 0.3) is 0 Å². The topological polar surface area (TPSA) is 54.9 Å². The highest BCUT2D eigenvalue weighted by molar-refractivity contribution is 8.01. The standard InChI is InChI=1S/C15H17N3OS3/c1-3-9-20-15-18-17-14(22-15)16-13(19)11(2)21-10-12-7-5-4-6-8-12/h3-8,11H,1,9-10H2,2H3,(H,16,17,19)/t11-/m1/s1. The number of hydrogen-bond acceptors (Lipinski definition) is 6. The average Bonchev–Trinajstić information content (AvgIpc) is 2.99. The van der Waals surface area contributed by atoms with Crippen LogP contribution in [0.5, 0.6) is 0 Å². The monoisotopic (exact) mass is 351 g/mol. The lowest BCUT2D eigenvalue weighted by Gasteiger charge is -2.10. The Morgan fingerprint density at radius 3 is 2.91 bits per heavy atom. The van der Waals surface area contributed by atoms with Crippen LogP contribution in [0.15, 0.2) is 47.3 Å². The Hall–Kier alpha value is -1.31. The van der Waals surface area contributed by atoms with Crippen molar-refractivity contribution in [1.29, 1.82) is 0 Å². The Morgan fingerprint density at radius 2 is 2.18 bits per heavy atom. The SMILES string of the molecule is C=CCSc1nnc(NC(=O)[C@@H](C)SCc2ccccc2)s1. The molecule has 22 heavy (non-hydrogen) atoms. The third kappa shape index (κ3) is 5.47. The summed E-state index contributed by atoms with van der Waals surface area (Å²) in [6.07, 6.45) is 1.81. The number of hydrogen-bond donors (Lipinski definition) is 1. The van der Waals surface area contributed by atoms with Gasteiger partial charge in [0.1, 0.15) is 0 Å². The summed E-state index contributed by atoms with van der Waals surface area (Å²) in [5.41, 5.74) is 1.21. The first-order valence-corrected chi connectivity index (χ1v) is 9.57. The fourth-order valence-electron chi connectivity index (χ4n) is 1.53. The van der Waals surface area contributed by atoms with Crippen LogP contribution in [0.4, 0.5) is 5.13 Å². The first kappa shape index (κ1) is 17.1. The minimum Gasteiger partial charge on any atom is -0.300 e. The van der Waals surface area contributed by atoms with E-state index in [-0.39, 0.29) is 11.2 Å². The van der Waals surface area contributed by atoms with Crippen LogP contribution in [0.2, 0.25) is 0 Å². The predicted octanol–water partition coefficient (Wildman–Crippen LogP) is 4.08. The number of carbonyl (C=O) groups excluding carboxylic acids is 1. The fourth-order valence-corrected chi connectivity index (χ4v) is 3.89. The number of rotatable bonds is 8. The number of benzene rings is 1. The Morgan fingerprint density at radius 1 is 1.41 bits per heavy atom. The molecule has 0 saturated heterocycles. The van der Waals surface area contributed by atoms with Crippen molar-refractivity contribution in [1.82, 2.24) is 10.2 Å². The molecule has 0 bridgehead atoms. The highest BCUT2D eigenvalue weighted by Crippen LogP contribution is 2.26. The quantitative estimate of drug-likeness (QED) is 0.441. The van der Waals surface area contributed by atoms with E-state index in [4.69, 9.17) is 0 Å². The summed E-state index contributed by atoms with van der Waals surface area (Å²) in [4.78, 5) is 12.1. The van der Waals surface area contributed by atoms with E-state index in [2.05, 4.69) is 34.2 Å². The zero-order valence-electron chi connectivity index (χ0n) is 12.2. The van der Waals surface area contributed by atoms with Gasteiger partial charge in [0.2, 0.25) is 11.0 Å². The van der Waals surface area contributed by atoms with Crippen LogP contribution in [0.25, 0.3) is 0 Å². The van der Waals surface area contributed by atoms with Gasteiger partial charge < -0.3 is 0 Å².